The fourth-order valence-electron chi connectivity index (χ4n) is 3.48. The molecule has 4 aromatic rings. The molecule has 0 radical (unpaired) electrons. The average Bonchev–Trinajstić information content (AvgIpc) is 3.17. The van der Waals surface area contributed by atoms with Crippen molar-refractivity contribution in [3.8, 4) is 0 Å². The van der Waals surface area contributed by atoms with Crippen molar-refractivity contribution >= 4 is 40.2 Å². The van der Waals surface area contributed by atoms with E-state index in [0.717, 1.165) is 28.9 Å². The molecule has 2 N–H and O–H groups in total. The van der Waals surface area contributed by atoms with Crippen LogP contribution in [0, 0.1) is 6.92 Å². The van der Waals surface area contributed by atoms with Crippen LogP contribution in [-0.2, 0) is 17.8 Å². The normalized spacial score (nSPS) is 12.0. The smallest absolute Gasteiger partial charge is 0.230 e. The van der Waals surface area contributed by atoms with Crippen LogP contribution in [0.1, 0.15) is 36.7 Å². The van der Waals surface area contributed by atoms with Gasteiger partial charge in [-0.1, -0.05) is 17.7 Å². The predicted octanol–water partition coefficient (Wildman–Crippen LogP) is 4.56. The summed E-state index contributed by atoms with van der Waals surface area (Å²) >= 11 is 5.98. The third-order valence-corrected chi connectivity index (χ3v) is 5.35. The lowest BCUT2D eigenvalue weighted by Gasteiger charge is -2.18. The van der Waals surface area contributed by atoms with Crippen molar-refractivity contribution < 1.29 is 4.79 Å². The number of benzene rings is 1. The number of halogens is 1. The summed E-state index contributed by atoms with van der Waals surface area (Å²) in [7, 11) is 0. The van der Waals surface area contributed by atoms with Crippen molar-refractivity contribution in [1.82, 2.24) is 24.7 Å². The Balaban J connectivity index is 1.47. The van der Waals surface area contributed by atoms with E-state index in [1.54, 1.807) is 24.5 Å². The number of pyridine rings is 1. The molecule has 4 rings (SSSR count). The maximum Gasteiger partial charge on any atom is 0.230 e. The average molecular weight is 450 g/mol. The molecule has 0 aliphatic rings. The predicted molar refractivity (Wildman–Crippen MR) is 126 cm³/mol. The number of carbonyl (C=O) groups excluding carboxylic acids is 1. The van der Waals surface area contributed by atoms with Gasteiger partial charge >= 0.3 is 0 Å². The molecule has 0 spiro atoms. The van der Waals surface area contributed by atoms with Gasteiger partial charge < -0.3 is 10.6 Å². The number of nitrogens with zero attached hydrogens (tertiary/aromatic N) is 5. The second-order valence-corrected chi connectivity index (χ2v) is 8.01. The van der Waals surface area contributed by atoms with Gasteiger partial charge in [0.25, 0.3) is 0 Å². The lowest BCUT2D eigenvalue weighted by atomic mass is 10.0. The summed E-state index contributed by atoms with van der Waals surface area (Å²) in [6.07, 6.45) is 5.33. The Morgan fingerprint density at radius 3 is 2.84 bits per heavy atom. The van der Waals surface area contributed by atoms with Gasteiger partial charge in [-0.15, -0.1) is 0 Å². The highest BCUT2D eigenvalue weighted by atomic mass is 35.5. The van der Waals surface area contributed by atoms with E-state index in [4.69, 9.17) is 11.6 Å². The highest BCUT2D eigenvalue weighted by Crippen LogP contribution is 2.25. The molecule has 0 fully saturated rings. The van der Waals surface area contributed by atoms with E-state index >= 15 is 0 Å². The van der Waals surface area contributed by atoms with Gasteiger partial charge in [-0.25, -0.2) is 9.97 Å². The van der Waals surface area contributed by atoms with Crippen LogP contribution < -0.4 is 10.6 Å². The Kier molecular flexibility index (Phi) is 6.32. The third-order valence-electron chi connectivity index (χ3n) is 5.11. The van der Waals surface area contributed by atoms with E-state index in [9.17, 15) is 4.79 Å². The van der Waals surface area contributed by atoms with Crippen molar-refractivity contribution in [2.75, 3.05) is 10.6 Å². The van der Waals surface area contributed by atoms with Crippen LogP contribution in [0.5, 0.6) is 0 Å². The zero-order valence-electron chi connectivity index (χ0n) is 18.1. The van der Waals surface area contributed by atoms with Crippen LogP contribution in [0.25, 0.3) is 11.2 Å². The minimum atomic E-state index is -0.155. The Labute approximate surface area is 191 Å². The van der Waals surface area contributed by atoms with Gasteiger partial charge in [0.05, 0.1) is 30.6 Å². The SMILES string of the molecule is CCn1cc2ncc(N[C@@H](C)c3cc(NC(=O)Cc4cc(Cl)ccn4)ccc3C)nc2n1. The number of anilines is 2. The van der Waals surface area contributed by atoms with E-state index < -0.39 is 0 Å². The van der Waals surface area contributed by atoms with Crippen molar-refractivity contribution in [2.45, 2.75) is 39.8 Å². The Bertz CT molecular complexity index is 1270. The first kappa shape index (κ1) is 21.7. The molecule has 9 heteroatoms. The second-order valence-electron chi connectivity index (χ2n) is 7.58. The number of hydrogen-bond acceptors (Lipinski definition) is 6. The van der Waals surface area contributed by atoms with Gasteiger partial charge in [0.1, 0.15) is 11.3 Å². The third kappa shape index (κ3) is 5.03. The summed E-state index contributed by atoms with van der Waals surface area (Å²) < 4.78 is 1.81. The van der Waals surface area contributed by atoms with Gasteiger partial charge in [-0.3, -0.25) is 14.5 Å². The van der Waals surface area contributed by atoms with Crippen molar-refractivity contribution in [3.05, 3.63) is 70.8 Å². The van der Waals surface area contributed by atoms with E-state index in [-0.39, 0.29) is 18.4 Å². The quantitative estimate of drug-likeness (QED) is 0.429. The molecule has 0 unspecified atom stereocenters. The maximum atomic E-state index is 12.5. The van der Waals surface area contributed by atoms with E-state index in [2.05, 4.69) is 30.7 Å². The number of carbonyl (C=O) groups is 1. The van der Waals surface area contributed by atoms with Gasteiger partial charge in [-0.05, 0) is 56.2 Å². The van der Waals surface area contributed by atoms with E-state index in [1.807, 2.05) is 49.8 Å². The fraction of sp³-hybridized carbons (Fsp3) is 0.261. The molecule has 32 heavy (non-hydrogen) atoms. The minimum Gasteiger partial charge on any atom is -0.362 e. The molecular formula is C23H24ClN7O. The molecule has 0 saturated carbocycles. The zero-order chi connectivity index (χ0) is 22.7. The summed E-state index contributed by atoms with van der Waals surface area (Å²) in [5, 5.41) is 11.3. The van der Waals surface area contributed by atoms with E-state index in [1.165, 1.54) is 0 Å². The van der Waals surface area contributed by atoms with E-state index in [0.29, 0.717) is 22.2 Å². The summed E-state index contributed by atoms with van der Waals surface area (Å²) in [5.74, 6) is 0.491. The molecule has 1 amide bonds. The van der Waals surface area contributed by atoms with Crippen molar-refractivity contribution in [3.63, 3.8) is 0 Å². The minimum absolute atomic E-state index is 0.0542. The van der Waals surface area contributed by atoms with Crippen molar-refractivity contribution in [1.29, 1.82) is 0 Å². The number of hydrogen-bond donors (Lipinski definition) is 2. The topological polar surface area (TPSA) is 97.6 Å². The summed E-state index contributed by atoms with van der Waals surface area (Å²) in [4.78, 5) is 25.7. The number of nitrogens with one attached hydrogen (secondary N) is 2. The molecule has 1 aromatic carbocycles. The molecule has 1 atom stereocenters. The van der Waals surface area contributed by atoms with Crippen LogP contribution in [0.3, 0.4) is 0 Å². The highest BCUT2D eigenvalue weighted by Gasteiger charge is 2.13. The monoisotopic (exact) mass is 449 g/mol. The summed E-state index contributed by atoms with van der Waals surface area (Å²) in [6.45, 7) is 6.86. The zero-order valence-corrected chi connectivity index (χ0v) is 18.9. The molecule has 8 nitrogen and oxygen atoms in total. The van der Waals surface area contributed by atoms with Crippen LogP contribution >= 0.6 is 11.6 Å². The molecule has 0 aliphatic heterocycles. The molecule has 3 aromatic heterocycles. The van der Waals surface area contributed by atoms with Gasteiger partial charge in [-0.2, -0.15) is 5.10 Å². The standard InChI is InChI=1S/C23H24ClN7O/c1-4-31-13-20-23(30-31)29-21(12-26-20)27-15(3)19-10-17(6-5-14(19)2)28-22(32)11-18-9-16(24)7-8-25-18/h5-10,12-13,15H,4,11H2,1-3H3,(H,28,32)(H,27,29,30)/t15-/m0/s1. The first-order valence-corrected chi connectivity index (χ1v) is 10.8. The van der Waals surface area contributed by atoms with Crippen LogP contribution in [-0.4, -0.2) is 30.6 Å². The number of aromatic nitrogens is 5. The molecular weight excluding hydrogens is 426 g/mol. The molecule has 3 heterocycles. The van der Waals surface area contributed by atoms with Crippen molar-refractivity contribution in [2.24, 2.45) is 0 Å². The molecule has 0 saturated heterocycles. The number of rotatable bonds is 7. The molecule has 164 valence electrons. The number of fused-ring (bicyclic) bond motifs is 1. The van der Waals surface area contributed by atoms with Crippen LogP contribution in [0.15, 0.2) is 48.9 Å². The number of aryl methyl sites for hydroxylation is 2. The summed E-state index contributed by atoms with van der Waals surface area (Å²) in [6, 6.07) is 9.16. The lowest BCUT2D eigenvalue weighted by molar-refractivity contribution is -0.115. The first-order valence-electron chi connectivity index (χ1n) is 10.4. The first-order chi connectivity index (χ1) is 15.4. The Morgan fingerprint density at radius 2 is 2.06 bits per heavy atom. The van der Waals surface area contributed by atoms with Gasteiger partial charge in [0.2, 0.25) is 11.6 Å². The Morgan fingerprint density at radius 1 is 1.22 bits per heavy atom. The maximum absolute atomic E-state index is 12.5. The van der Waals surface area contributed by atoms with Gasteiger partial charge in [0, 0.05) is 23.5 Å². The number of amides is 1. The second kappa shape index (κ2) is 9.32. The molecule has 0 bridgehead atoms. The van der Waals surface area contributed by atoms with Crippen LogP contribution in [0.4, 0.5) is 11.5 Å². The molecule has 0 aliphatic carbocycles. The highest BCUT2D eigenvalue weighted by molar-refractivity contribution is 6.30. The largest absolute Gasteiger partial charge is 0.362 e. The Hall–Kier alpha value is -3.52. The summed E-state index contributed by atoms with van der Waals surface area (Å²) in [5.41, 5.74) is 4.86. The van der Waals surface area contributed by atoms with Crippen LogP contribution in [0.2, 0.25) is 5.02 Å². The van der Waals surface area contributed by atoms with Gasteiger partial charge in [0.15, 0.2) is 0 Å². The lowest BCUT2D eigenvalue weighted by Crippen LogP contribution is -2.16. The fourth-order valence-corrected chi connectivity index (χ4v) is 3.66.